The minimum atomic E-state index is 0. The van der Waals surface area contributed by atoms with E-state index in [0.29, 0.717) is 12.3 Å². The summed E-state index contributed by atoms with van der Waals surface area (Å²) < 4.78 is 0. The third-order valence-electron chi connectivity index (χ3n) is 5.23. The zero-order valence-corrected chi connectivity index (χ0v) is 19.8. The van der Waals surface area contributed by atoms with Crippen LogP contribution in [0.3, 0.4) is 0 Å². The summed E-state index contributed by atoms with van der Waals surface area (Å²) in [6, 6.07) is 10.7. The molecule has 0 atom stereocenters. The maximum absolute atomic E-state index is 11.6. The van der Waals surface area contributed by atoms with Gasteiger partial charge in [0.05, 0.1) is 0 Å². The highest BCUT2D eigenvalue weighted by molar-refractivity contribution is 14.0. The number of benzene rings is 1. The van der Waals surface area contributed by atoms with Crippen LogP contribution in [0.25, 0.3) is 0 Å². The standard InChI is InChI=1S/C22H36N4O.HI/c1-3-24-22(26-16-13-20(14-17-26)18-21(27)23-2)25-15-9-5-8-12-19-10-6-4-7-11-19;/h4,6-7,10-11,20H,3,5,8-9,12-18H2,1-2H3,(H,23,27)(H,24,25);1H. The molecule has 0 aliphatic carbocycles. The first-order valence-corrected chi connectivity index (χ1v) is 10.5. The molecular weight excluding hydrogens is 463 g/mol. The summed E-state index contributed by atoms with van der Waals surface area (Å²) in [7, 11) is 1.72. The van der Waals surface area contributed by atoms with Gasteiger partial charge >= 0.3 is 0 Å². The van der Waals surface area contributed by atoms with E-state index >= 15 is 0 Å². The van der Waals surface area contributed by atoms with E-state index in [2.05, 4.69) is 52.8 Å². The molecule has 1 saturated heterocycles. The molecule has 0 unspecified atom stereocenters. The SMILES string of the molecule is CCNC(=NCCCCCc1ccccc1)N1CCC(CC(=O)NC)CC1.I. The summed E-state index contributed by atoms with van der Waals surface area (Å²) >= 11 is 0. The highest BCUT2D eigenvalue weighted by atomic mass is 127. The van der Waals surface area contributed by atoms with Crippen molar-refractivity contribution in [2.45, 2.75) is 51.9 Å². The van der Waals surface area contributed by atoms with Gasteiger partial charge in [-0.05, 0) is 50.5 Å². The number of nitrogens with zero attached hydrogens (tertiary/aromatic N) is 2. The Kier molecular flexibility index (Phi) is 12.9. The van der Waals surface area contributed by atoms with Gasteiger partial charge in [-0.2, -0.15) is 0 Å². The quantitative estimate of drug-likeness (QED) is 0.235. The van der Waals surface area contributed by atoms with E-state index in [1.54, 1.807) is 7.05 Å². The van der Waals surface area contributed by atoms with Crippen LogP contribution in [0.1, 0.15) is 51.0 Å². The van der Waals surface area contributed by atoms with Gasteiger partial charge in [-0.15, -0.1) is 24.0 Å². The van der Waals surface area contributed by atoms with Gasteiger partial charge in [0, 0.05) is 39.6 Å². The number of aliphatic imine (C=N–C) groups is 1. The largest absolute Gasteiger partial charge is 0.359 e. The van der Waals surface area contributed by atoms with Crippen molar-refractivity contribution in [3.8, 4) is 0 Å². The molecule has 0 spiro atoms. The van der Waals surface area contributed by atoms with Gasteiger partial charge in [0.25, 0.3) is 0 Å². The lowest BCUT2D eigenvalue weighted by Crippen LogP contribution is -2.46. The molecule has 28 heavy (non-hydrogen) atoms. The second-order valence-electron chi connectivity index (χ2n) is 7.34. The molecule has 2 rings (SSSR count). The first-order valence-electron chi connectivity index (χ1n) is 10.5. The number of guanidine groups is 1. The molecule has 1 fully saturated rings. The number of hydrogen-bond acceptors (Lipinski definition) is 2. The van der Waals surface area contributed by atoms with Crippen molar-refractivity contribution in [3.63, 3.8) is 0 Å². The van der Waals surface area contributed by atoms with E-state index in [1.807, 2.05) is 0 Å². The number of halogens is 1. The predicted molar refractivity (Wildman–Crippen MR) is 128 cm³/mol. The Hall–Kier alpha value is -1.31. The second kappa shape index (κ2) is 14.7. The molecular formula is C22H37IN4O. The first kappa shape index (κ1) is 24.7. The Bertz CT molecular complexity index is 571. The Balaban J connectivity index is 0.00000392. The summed E-state index contributed by atoms with van der Waals surface area (Å²) in [5.41, 5.74) is 1.42. The van der Waals surface area contributed by atoms with Crippen LogP contribution >= 0.6 is 24.0 Å². The Morgan fingerprint density at radius 3 is 2.50 bits per heavy atom. The van der Waals surface area contributed by atoms with Gasteiger partial charge in [-0.25, -0.2) is 0 Å². The number of hydrogen-bond donors (Lipinski definition) is 2. The van der Waals surface area contributed by atoms with Crippen molar-refractivity contribution in [1.29, 1.82) is 0 Å². The third-order valence-corrected chi connectivity index (χ3v) is 5.23. The molecule has 1 aliphatic heterocycles. The first-order chi connectivity index (χ1) is 13.2. The third kappa shape index (κ3) is 9.26. The molecule has 1 aromatic rings. The van der Waals surface area contributed by atoms with E-state index in [0.717, 1.165) is 57.8 Å². The predicted octanol–water partition coefficient (Wildman–Crippen LogP) is 3.83. The second-order valence-corrected chi connectivity index (χ2v) is 7.34. The molecule has 1 aliphatic rings. The van der Waals surface area contributed by atoms with Crippen LogP contribution in [-0.2, 0) is 11.2 Å². The minimum absolute atomic E-state index is 0. The maximum atomic E-state index is 11.6. The average molecular weight is 500 g/mol. The highest BCUT2D eigenvalue weighted by Crippen LogP contribution is 2.20. The van der Waals surface area contributed by atoms with Crippen LogP contribution in [-0.4, -0.2) is 50.0 Å². The molecule has 0 saturated carbocycles. The fraction of sp³-hybridized carbons (Fsp3) is 0.636. The number of carbonyl (C=O) groups is 1. The number of carbonyl (C=O) groups excluding carboxylic acids is 1. The van der Waals surface area contributed by atoms with Crippen molar-refractivity contribution in [3.05, 3.63) is 35.9 Å². The summed E-state index contributed by atoms with van der Waals surface area (Å²) in [5, 5.41) is 6.17. The van der Waals surface area contributed by atoms with Gasteiger partial charge in [0.1, 0.15) is 0 Å². The normalized spacial score (nSPS) is 15.1. The molecule has 0 bridgehead atoms. The lowest BCUT2D eigenvalue weighted by Gasteiger charge is -2.34. The Labute approximate surface area is 187 Å². The van der Waals surface area contributed by atoms with Crippen LogP contribution < -0.4 is 10.6 Å². The average Bonchev–Trinajstić information content (AvgIpc) is 2.71. The zero-order chi connectivity index (χ0) is 19.3. The Morgan fingerprint density at radius 1 is 1.14 bits per heavy atom. The molecule has 5 nitrogen and oxygen atoms in total. The fourth-order valence-corrected chi connectivity index (χ4v) is 3.59. The smallest absolute Gasteiger partial charge is 0.220 e. The van der Waals surface area contributed by atoms with Crippen LogP contribution in [0.15, 0.2) is 35.3 Å². The van der Waals surface area contributed by atoms with Crippen molar-refractivity contribution < 1.29 is 4.79 Å². The number of piperidine rings is 1. The van der Waals surface area contributed by atoms with Gasteiger partial charge in [0.15, 0.2) is 5.96 Å². The summed E-state index contributed by atoms with van der Waals surface area (Å²) in [5.74, 6) is 1.70. The van der Waals surface area contributed by atoms with Crippen molar-refractivity contribution in [2.24, 2.45) is 10.9 Å². The van der Waals surface area contributed by atoms with Crippen molar-refractivity contribution >= 4 is 35.8 Å². The molecule has 1 amide bonds. The van der Waals surface area contributed by atoms with E-state index in [-0.39, 0.29) is 29.9 Å². The van der Waals surface area contributed by atoms with Crippen LogP contribution in [0.2, 0.25) is 0 Å². The number of likely N-dealkylation sites (tertiary alicyclic amines) is 1. The lowest BCUT2D eigenvalue weighted by molar-refractivity contribution is -0.121. The van der Waals surface area contributed by atoms with Crippen molar-refractivity contribution in [1.82, 2.24) is 15.5 Å². The lowest BCUT2D eigenvalue weighted by atomic mass is 9.93. The number of rotatable bonds is 9. The van der Waals surface area contributed by atoms with Gasteiger partial charge in [-0.1, -0.05) is 36.8 Å². The molecule has 2 N–H and O–H groups in total. The van der Waals surface area contributed by atoms with Crippen LogP contribution in [0.4, 0.5) is 0 Å². The van der Waals surface area contributed by atoms with E-state index in [1.165, 1.54) is 18.4 Å². The van der Waals surface area contributed by atoms with Crippen LogP contribution in [0, 0.1) is 5.92 Å². The van der Waals surface area contributed by atoms with Gasteiger partial charge in [0.2, 0.25) is 5.91 Å². The molecule has 0 radical (unpaired) electrons. The molecule has 0 aromatic heterocycles. The zero-order valence-electron chi connectivity index (χ0n) is 17.5. The van der Waals surface area contributed by atoms with Crippen LogP contribution in [0.5, 0.6) is 0 Å². The molecule has 1 heterocycles. The summed E-state index contributed by atoms with van der Waals surface area (Å²) in [4.78, 5) is 18.7. The number of amides is 1. The number of aryl methyl sites for hydroxylation is 1. The Morgan fingerprint density at radius 2 is 1.86 bits per heavy atom. The number of unbranched alkanes of at least 4 members (excludes halogenated alkanes) is 2. The highest BCUT2D eigenvalue weighted by Gasteiger charge is 2.22. The van der Waals surface area contributed by atoms with E-state index < -0.39 is 0 Å². The van der Waals surface area contributed by atoms with Gasteiger partial charge < -0.3 is 15.5 Å². The molecule has 1 aromatic carbocycles. The maximum Gasteiger partial charge on any atom is 0.220 e. The van der Waals surface area contributed by atoms with Gasteiger partial charge in [-0.3, -0.25) is 9.79 Å². The van der Waals surface area contributed by atoms with E-state index in [4.69, 9.17) is 4.99 Å². The monoisotopic (exact) mass is 500 g/mol. The molecule has 6 heteroatoms. The topological polar surface area (TPSA) is 56.7 Å². The van der Waals surface area contributed by atoms with E-state index in [9.17, 15) is 4.79 Å². The molecule has 158 valence electrons. The van der Waals surface area contributed by atoms with Crippen molar-refractivity contribution in [2.75, 3.05) is 33.2 Å². The number of nitrogens with one attached hydrogen (secondary N) is 2. The summed E-state index contributed by atoms with van der Waals surface area (Å²) in [6.07, 6.45) is 7.51. The minimum Gasteiger partial charge on any atom is -0.359 e. The fourth-order valence-electron chi connectivity index (χ4n) is 3.59. The summed E-state index contributed by atoms with van der Waals surface area (Å²) in [6.45, 7) is 5.87.